The van der Waals surface area contributed by atoms with E-state index in [2.05, 4.69) is 21.4 Å². The maximum atomic E-state index is 11.8. The van der Waals surface area contributed by atoms with Crippen molar-refractivity contribution in [3.63, 3.8) is 0 Å². The molecule has 2 aromatic heterocycles. The molecular formula is C22H22N4O2. The first-order chi connectivity index (χ1) is 13.3. The van der Waals surface area contributed by atoms with Gasteiger partial charge >= 0.3 is 5.97 Å². The molecule has 2 heterocycles. The third kappa shape index (κ3) is 3.94. The summed E-state index contributed by atoms with van der Waals surface area (Å²) in [5, 5.41) is 12.6. The molecule has 0 aliphatic carbocycles. The fraction of sp³-hybridized carbons (Fsp3) is 0.273. The van der Waals surface area contributed by atoms with Gasteiger partial charge in [-0.1, -0.05) is 19.1 Å². The van der Waals surface area contributed by atoms with Gasteiger partial charge in [0.2, 0.25) is 0 Å². The minimum atomic E-state index is -0.567. The quantitative estimate of drug-likeness (QED) is 0.646. The molecule has 6 heteroatoms. The highest BCUT2D eigenvalue weighted by Crippen LogP contribution is 2.34. The predicted molar refractivity (Wildman–Crippen MR) is 109 cm³/mol. The zero-order chi connectivity index (χ0) is 20.3. The third-order valence-corrected chi connectivity index (χ3v) is 4.49. The van der Waals surface area contributed by atoms with Gasteiger partial charge in [-0.05, 0) is 50.6 Å². The maximum Gasteiger partial charge on any atom is 0.311 e. The van der Waals surface area contributed by atoms with Gasteiger partial charge in [0.25, 0.3) is 0 Å². The first-order valence-electron chi connectivity index (χ1n) is 9.10. The molecule has 0 atom stereocenters. The van der Waals surface area contributed by atoms with Crippen LogP contribution in [0.25, 0.3) is 11.0 Å². The Balaban J connectivity index is 2.05. The third-order valence-electron chi connectivity index (χ3n) is 4.49. The number of nitriles is 1. The normalized spacial score (nSPS) is 11.1. The number of pyridine rings is 2. The number of carbonyl (C=O) groups excluding carboxylic acids is 1. The number of hydrogen-bond acceptors (Lipinski definition) is 6. The van der Waals surface area contributed by atoms with E-state index in [1.165, 1.54) is 6.20 Å². The summed E-state index contributed by atoms with van der Waals surface area (Å²) >= 11 is 0. The van der Waals surface area contributed by atoms with Gasteiger partial charge in [0, 0.05) is 17.8 Å². The minimum Gasteiger partial charge on any atom is -0.423 e. The molecule has 1 aromatic carbocycles. The fourth-order valence-electron chi connectivity index (χ4n) is 2.72. The first kappa shape index (κ1) is 19.3. The molecule has 0 unspecified atom stereocenters. The standard InChI is InChI=1S/C22H22N4O2/c1-5-19(27)28-18-12-24-17-11-6-14(2)25-20(17)21(18)26-16-9-7-15(8-10-16)22(3,4)13-23/h6-12H,5H2,1-4H3,(H,24,26). The minimum absolute atomic E-state index is 0.261. The van der Waals surface area contributed by atoms with Gasteiger partial charge in [0.05, 0.1) is 23.2 Å². The summed E-state index contributed by atoms with van der Waals surface area (Å²) in [4.78, 5) is 20.8. The number of carbonyl (C=O) groups is 1. The van der Waals surface area contributed by atoms with Crippen molar-refractivity contribution < 1.29 is 9.53 Å². The van der Waals surface area contributed by atoms with Gasteiger partial charge in [0.15, 0.2) is 5.75 Å². The number of benzene rings is 1. The highest BCUT2D eigenvalue weighted by Gasteiger charge is 2.20. The number of ether oxygens (including phenoxy) is 1. The van der Waals surface area contributed by atoms with E-state index in [9.17, 15) is 10.1 Å². The van der Waals surface area contributed by atoms with Crippen molar-refractivity contribution in [3.8, 4) is 11.8 Å². The molecule has 0 radical (unpaired) electrons. The van der Waals surface area contributed by atoms with Crippen LogP contribution in [0.5, 0.6) is 5.75 Å². The van der Waals surface area contributed by atoms with E-state index in [1.807, 2.05) is 57.2 Å². The average Bonchev–Trinajstić information content (AvgIpc) is 2.70. The Morgan fingerprint density at radius 3 is 2.57 bits per heavy atom. The lowest BCUT2D eigenvalue weighted by Gasteiger charge is -2.17. The van der Waals surface area contributed by atoms with Crippen molar-refractivity contribution in [1.82, 2.24) is 9.97 Å². The van der Waals surface area contributed by atoms with Crippen LogP contribution in [0, 0.1) is 18.3 Å². The van der Waals surface area contributed by atoms with Crippen LogP contribution in [0.3, 0.4) is 0 Å². The number of fused-ring (bicyclic) bond motifs is 1. The van der Waals surface area contributed by atoms with Crippen LogP contribution in [0.1, 0.15) is 38.4 Å². The number of aryl methyl sites for hydroxylation is 1. The molecule has 0 aliphatic heterocycles. The van der Waals surface area contributed by atoms with Crippen LogP contribution in [-0.2, 0) is 10.2 Å². The van der Waals surface area contributed by atoms with Gasteiger partial charge in [-0.15, -0.1) is 0 Å². The Kier molecular flexibility index (Phi) is 5.27. The van der Waals surface area contributed by atoms with Gasteiger partial charge in [-0.25, -0.2) is 4.98 Å². The highest BCUT2D eigenvalue weighted by atomic mass is 16.5. The SMILES string of the molecule is CCC(=O)Oc1cnc2ccc(C)nc2c1Nc1ccc(C(C)(C)C#N)cc1. The summed E-state index contributed by atoms with van der Waals surface area (Å²) in [7, 11) is 0. The molecule has 3 rings (SSSR count). The molecule has 0 saturated heterocycles. The van der Waals surface area contributed by atoms with E-state index < -0.39 is 5.41 Å². The monoisotopic (exact) mass is 374 g/mol. The van der Waals surface area contributed by atoms with E-state index in [0.29, 0.717) is 22.5 Å². The van der Waals surface area contributed by atoms with Crippen molar-refractivity contribution in [2.75, 3.05) is 5.32 Å². The first-order valence-corrected chi connectivity index (χ1v) is 9.10. The predicted octanol–water partition coefficient (Wildman–Crippen LogP) is 4.80. The van der Waals surface area contributed by atoms with Crippen LogP contribution in [-0.4, -0.2) is 15.9 Å². The summed E-state index contributed by atoms with van der Waals surface area (Å²) < 4.78 is 5.46. The van der Waals surface area contributed by atoms with Crippen molar-refractivity contribution in [3.05, 3.63) is 53.9 Å². The Morgan fingerprint density at radius 2 is 1.93 bits per heavy atom. The number of rotatable bonds is 5. The Hall–Kier alpha value is -3.46. The Morgan fingerprint density at radius 1 is 1.21 bits per heavy atom. The number of anilines is 2. The second-order valence-corrected chi connectivity index (χ2v) is 7.08. The molecule has 142 valence electrons. The van der Waals surface area contributed by atoms with Gasteiger partial charge in [-0.2, -0.15) is 5.26 Å². The molecular weight excluding hydrogens is 352 g/mol. The lowest BCUT2D eigenvalue weighted by atomic mass is 9.86. The lowest BCUT2D eigenvalue weighted by molar-refractivity contribution is -0.133. The molecule has 3 aromatic rings. The summed E-state index contributed by atoms with van der Waals surface area (Å²) in [5.41, 5.74) is 3.90. The molecule has 6 nitrogen and oxygen atoms in total. The van der Waals surface area contributed by atoms with E-state index in [1.54, 1.807) is 6.92 Å². The van der Waals surface area contributed by atoms with Crippen LogP contribution < -0.4 is 10.1 Å². The van der Waals surface area contributed by atoms with Crippen LogP contribution >= 0.6 is 0 Å². The van der Waals surface area contributed by atoms with Crippen LogP contribution in [0.4, 0.5) is 11.4 Å². The van der Waals surface area contributed by atoms with Crippen LogP contribution in [0.15, 0.2) is 42.6 Å². The fourth-order valence-corrected chi connectivity index (χ4v) is 2.72. The zero-order valence-electron chi connectivity index (χ0n) is 16.4. The molecule has 1 N–H and O–H groups in total. The Bertz CT molecular complexity index is 1070. The largest absolute Gasteiger partial charge is 0.423 e. The van der Waals surface area contributed by atoms with E-state index in [-0.39, 0.29) is 12.4 Å². The summed E-state index contributed by atoms with van der Waals surface area (Å²) in [6.45, 7) is 7.39. The average molecular weight is 374 g/mol. The summed E-state index contributed by atoms with van der Waals surface area (Å²) in [6, 6.07) is 13.7. The molecule has 0 fully saturated rings. The molecule has 0 saturated carbocycles. The van der Waals surface area contributed by atoms with Gasteiger partial charge < -0.3 is 10.1 Å². The lowest BCUT2D eigenvalue weighted by Crippen LogP contribution is -2.13. The molecule has 0 amide bonds. The number of esters is 1. The number of aromatic nitrogens is 2. The topological polar surface area (TPSA) is 87.9 Å². The Labute approximate surface area is 164 Å². The van der Waals surface area contributed by atoms with E-state index >= 15 is 0 Å². The number of hydrogen-bond donors (Lipinski definition) is 1. The van der Waals surface area contributed by atoms with Crippen molar-refractivity contribution in [2.45, 2.75) is 39.5 Å². The van der Waals surface area contributed by atoms with E-state index in [4.69, 9.17) is 4.74 Å². The highest BCUT2D eigenvalue weighted by molar-refractivity contribution is 5.94. The summed E-state index contributed by atoms with van der Waals surface area (Å²) in [5.74, 6) is -0.0122. The molecule has 0 aliphatic rings. The van der Waals surface area contributed by atoms with Crippen molar-refractivity contribution >= 4 is 28.4 Å². The maximum absolute atomic E-state index is 11.8. The smallest absolute Gasteiger partial charge is 0.311 e. The number of nitrogens with one attached hydrogen (secondary N) is 1. The van der Waals surface area contributed by atoms with E-state index in [0.717, 1.165) is 16.9 Å². The van der Waals surface area contributed by atoms with Gasteiger partial charge in [-0.3, -0.25) is 9.78 Å². The summed E-state index contributed by atoms with van der Waals surface area (Å²) in [6.07, 6.45) is 1.79. The molecule has 0 spiro atoms. The van der Waals surface area contributed by atoms with Crippen molar-refractivity contribution in [2.24, 2.45) is 0 Å². The zero-order valence-corrected chi connectivity index (χ0v) is 16.4. The van der Waals surface area contributed by atoms with Crippen molar-refractivity contribution in [1.29, 1.82) is 5.26 Å². The molecule has 28 heavy (non-hydrogen) atoms. The number of nitrogens with zero attached hydrogens (tertiary/aromatic N) is 3. The van der Waals surface area contributed by atoms with Gasteiger partial charge in [0.1, 0.15) is 11.2 Å². The second-order valence-electron chi connectivity index (χ2n) is 7.08. The second kappa shape index (κ2) is 7.65. The molecule has 0 bridgehead atoms. The van der Waals surface area contributed by atoms with Crippen LogP contribution in [0.2, 0.25) is 0 Å².